The second-order valence-corrected chi connectivity index (χ2v) is 2.59. The van der Waals surface area contributed by atoms with Crippen LogP contribution in [0.5, 0.6) is 0 Å². The standard InChI is InChI=1S/CH2NO3S2.Mo/c3-1(2(6)7)4-5-1;/h6-7H;/q-1;+1. The summed E-state index contributed by atoms with van der Waals surface area (Å²) in [6, 6.07) is 0. The van der Waals surface area contributed by atoms with Crippen molar-refractivity contribution in [3.8, 4) is 0 Å². The van der Waals surface area contributed by atoms with Crippen LogP contribution in [-0.2, 0) is 33.4 Å². The van der Waals surface area contributed by atoms with Crippen molar-refractivity contribution in [2.45, 2.75) is 6.10 Å². The van der Waals surface area contributed by atoms with E-state index in [2.05, 4.69) is 38.8 Å². The molecule has 8 heavy (non-hydrogen) atoms. The quantitative estimate of drug-likeness (QED) is 0.233. The van der Waals surface area contributed by atoms with Crippen molar-refractivity contribution < 1.29 is 33.4 Å². The molecule has 1 saturated heterocycles. The minimum absolute atomic E-state index is 1.08. The molecular weight excluding hydrogens is 234 g/mol. The van der Waals surface area contributed by atoms with Crippen LogP contribution in [0.25, 0.3) is 0 Å². The van der Waals surface area contributed by atoms with Gasteiger partial charge in [0.25, 0.3) is 0 Å². The van der Waals surface area contributed by atoms with Gasteiger partial charge in [-0.05, 0) is 0 Å². The second-order valence-electron chi connectivity index (χ2n) is 1.06. The molecule has 0 bridgehead atoms. The van der Waals surface area contributed by atoms with Gasteiger partial charge in [-0.1, -0.05) is 0 Å². The van der Waals surface area contributed by atoms with E-state index in [1.54, 1.807) is 0 Å². The van der Waals surface area contributed by atoms with Gasteiger partial charge in [-0.3, -0.25) is 0 Å². The molecule has 0 unspecified atom stereocenters. The Hall–Kier alpha value is 1.23. The van der Waals surface area contributed by atoms with Gasteiger partial charge in [0.1, 0.15) is 0 Å². The molecule has 0 atom stereocenters. The first-order valence-corrected chi connectivity index (χ1v) is 3.19. The Kier molecular flexibility index (Phi) is 2.25. The van der Waals surface area contributed by atoms with E-state index in [9.17, 15) is 0 Å². The van der Waals surface area contributed by atoms with E-state index in [-0.39, 0.29) is 0 Å². The molecule has 1 fully saturated rings. The number of thiol groups is 2. The molecule has 1 rings (SSSR count). The number of rotatable bonds is 2. The topological polar surface area (TPSA) is 37.5 Å². The van der Waals surface area contributed by atoms with E-state index in [0.29, 0.717) is 0 Å². The Morgan fingerprint density at radius 2 is 2.00 bits per heavy atom. The molecule has 1 aliphatic heterocycles. The van der Waals surface area contributed by atoms with Crippen molar-refractivity contribution >= 4 is 25.6 Å². The Morgan fingerprint density at radius 3 is 2.00 bits per heavy atom. The maximum absolute atomic E-state index is 4.65. The first kappa shape index (κ1) is 7.34. The van der Waals surface area contributed by atoms with Gasteiger partial charge < -0.3 is 0 Å². The molecule has 0 radical (unpaired) electrons. The second kappa shape index (κ2) is 2.46. The third kappa shape index (κ3) is 1.21. The molecule has 0 aromatic heterocycles. The zero-order valence-corrected chi connectivity index (χ0v) is 7.27. The van der Waals surface area contributed by atoms with Crippen molar-refractivity contribution in [1.82, 2.24) is 3.71 Å². The van der Waals surface area contributed by atoms with Crippen molar-refractivity contribution in [2.24, 2.45) is 0 Å². The molecule has 0 aliphatic carbocycles. The Morgan fingerprint density at radius 1 is 1.50 bits per heavy atom. The summed E-state index contributed by atoms with van der Waals surface area (Å²) in [5, 5.41) is 0. The van der Waals surface area contributed by atoms with Gasteiger partial charge in [0.05, 0.1) is 0 Å². The molecule has 0 spiro atoms. The van der Waals surface area contributed by atoms with Crippen LogP contribution in [0, 0.1) is 0 Å². The van der Waals surface area contributed by atoms with Crippen molar-refractivity contribution in [3.63, 3.8) is 0 Å². The number of hydrogen-bond donors (Lipinski definition) is 2. The van der Waals surface area contributed by atoms with Crippen LogP contribution in [0.15, 0.2) is 0 Å². The number of hydrogen-bond acceptors (Lipinski definition) is 6. The Bertz CT molecular complexity index is 95.3. The summed E-state index contributed by atoms with van der Waals surface area (Å²) in [4.78, 5) is 8.72. The molecule has 47 valence electrons. The molecular formula is CH2MoNO3S2. The molecule has 0 aromatic carbocycles. The van der Waals surface area contributed by atoms with Gasteiger partial charge in [-0.25, -0.2) is 0 Å². The van der Waals surface area contributed by atoms with Crippen LogP contribution in [0.4, 0.5) is 0 Å². The van der Waals surface area contributed by atoms with E-state index in [1.807, 2.05) is 0 Å². The fourth-order valence-electron chi connectivity index (χ4n) is 0.163. The normalized spacial score (nSPS) is 23.9. The first-order chi connectivity index (χ1) is 3.71. The van der Waals surface area contributed by atoms with Crippen LogP contribution >= 0.6 is 25.6 Å². The van der Waals surface area contributed by atoms with Crippen LogP contribution < -0.4 is 0 Å². The molecule has 4 nitrogen and oxygen atoms in total. The molecule has 0 aromatic rings. The Labute approximate surface area is 68.8 Å². The van der Waals surface area contributed by atoms with E-state index in [4.69, 9.17) is 0 Å². The molecule has 0 saturated carbocycles. The molecule has 0 N–H and O–H groups in total. The third-order valence-corrected chi connectivity index (χ3v) is 1.58. The van der Waals surface area contributed by atoms with Crippen molar-refractivity contribution in [2.75, 3.05) is 0 Å². The van der Waals surface area contributed by atoms with E-state index in [1.165, 1.54) is 20.2 Å². The van der Waals surface area contributed by atoms with Crippen LogP contribution in [-0.4, -0.2) is 9.81 Å². The zero-order chi connectivity index (χ0) is 6.20. The third-order valence-electron chi connectivity index (χ3n) is 0.576. The van der Waals surface area contributed by atoms with Crippen LogP contribution in [0.3, 0.4) is 0 Å². The van der Waals surface area contributed by atoms with E-state index >= 15 is 0 Å². The summed E-state index contributed by atoms with van der Waals surface area (Å²) in [7, 11) is 0. The minimum atomic E-state index is -1.14. The molecule has 7 heteroatoms. The predicted octanol–water partition coefficient (Wildman–Crippen LogP) is 0.0295. The molecule has 0 amide bonds. The average molecular weight is 236 g/mol. The maximum atomic E-state index is 4.65. The van der Waals surface area contributed by atoms with Crippen molar-refractivity contribution in [1.29, 1.82) is 0 Å². The summed E-state index contributed by atoms with van der Waals surface area (Å²) in [6.45, 7) is 0. The van der Waals surface area contributed by atoms with Crippen LogP contribution in [0.2, 0.25) is 0 Å². The first-order valence-electron chi connectivity index (χ1n) is 1.57. The summed E-state index contributed by atoms with van der Waals surface area (Å²) < 4.78 is 5.73. The van der Waals surface area contributed by atoms with E-state index in [0.717, 1.165) is 3.71 Å². The predicted molar refractivity (Wildman–Crippen MR) is 25.8 cm³/mol. The summed E-state index contributed by atoms with van der Waals surface area (Å²) in [5.74, 6) is 0. The summed E-state index contributed by atoms with van der Waals surface area (Å²) in [5.41, 5.74) is 0. The zero-order valence-electron chi connectivity index (χ0n) is 3.47. The van der Waals surface area contributed by atoms with Gasteiger partial charge in [0.2, 0.25) is 0 Å². The fourth-order valence-corrected chi connectivity index (χ4v) is 0.992. The summed E-state index contributed by atoms with van der Waals surface area (Å²) in [6.07, 6.45) is -1.14. The monoisotopic (exact) mass is 238 g/mol. The molecule has 1 heterocycles. The van der Waals surface area contributed by atoms with E-state index < -0.39 is 6.10 Å². The van der Waals surface area contributed by atoms with Gasteiger partial charge >= 0.3 is 68.8 Å². The SMILES string of the molecule is SN(S)C1([O][Mo])OO1. The van der Waals surface area contributed by atoms with Gasteiger partial charge in [0.15, 0.2) is 0 Å². The fraction of sp³-hybridized carbons (Fsp3) is 1.00. The Balaban J connectivity index is 2.41. The van der Waals surface area contributed by atoms with Crippen molar-refractivity contribution in [3.05, 3.63) is 0 Å². The average Bonchev–Trinajstić information content (AvgIpc) is 2.44. The number of nitrogens with zero attached hydrogens (tertiary/aromatic N) is 1. The van der Waals surface area contributed by atoms with Gasteiger partial charge in [0, 0.05) is 0 Å². The molecule has 1 aliphatic rings. The van der Waals surface area contributed by atoms with Crippen LogP contribution in [0.1, 0.15) is 0 Å². The van der Waals surface area contributed by atoms with Gasteiger partial charge in [-0.15, -0.1) is 0 Å². The van der Waals surface area contributed by atoms with Gasteiger partial charge in [-0.2, -0.15) is 0 Å². The summed E-state index contributed by atoms with van der Waals surface area (Å²) >= 11 is 8.85.